The molecule has 0 bridgehead atoms. The molecular weight excluding hydrogens is 232 g/mol. The molecule has 1 N–H and O–H groups in total. The molecule has 0 aromatic heterocycles. The van der Waals surface area contributed by atoms with Crippen LogP contribution in [0.5, 0.6) is 0 Å². The van der Waals surface area contributed by atoms with Gasteiger partial charge in [0, 0.05) is 12.6 Å². The summed E-state index contributed by atoms with van der Waals surface area (Å²) in [6.07, 6.45) is 8.45. The Morgan fingerprint density at radius 2 is 2.00 bits per heavy atom. The second-order valence-electron chi connectivity index (χ2n) is 5.78. The molecule has 0 radical (unpaired) electrons. The van der Waals surface area contributed by atoms with Crippen LogP contribution in [-0.2, 0) is 0 Å². The van der Waals surface area contributed by atoms with Crippen molar-refractivity contribution in [3.8, 4) is 0 Å². The maximum absolute atomic E-state index is 3.76. The van der Waals surface area contributed by atoms with Crippen molar-refractivity contribution >= 4 is 0 Å². The molecule has 0 aliphatic heterocycles. The van der Waals surface area contributed by atoms with E-state index in [1.165, 1.54) is 24.8 Å². The number of benzene rings is 1. The van der Waals surface area contributed by atoms with Gasteiger partial charge in [0.2, 0.25) is 0 Å². The molecule has 2 nitrogen and oxygen atoms in total. The van der Waals surface area contributed by atoms with Crippen LogP contribution in [0.25, 0.3) is 0 Å². The minimum absolute atomic E-state index is 0.433. The van der Waals surface area contributed by atoms with Crippen LogP contribution in [0.3, 0.4) is 0 Å². The molecule has 2 rings (SSSR count). The number of likely N-dealkylation sites (N-methyl/N-ethyl adjacent to an activating group) is 1. The Balaban J connectivity index is 1.92. The first-order valence-corrected chi connectivity index (χ1v) is 7.34. The lowest BCUT2D eigenvalue weighted by Gasteiger charge is -2.26. The minimum Gasteiger partial charge on any atom is -0.309 e. The molecule has 0 heterocycles. The molecule has 1 aromatic carbocycles. The van der Waals surface area contributed by atoms with Gasteiger partial charge in [-0.15, -0.1) is 0 Å². The van der Waals surface area contributed by atoms with Gasteiger partial charge in [-0.2, -0.15) is 0 Å². The fourth-order valence-electron chi connectivity index (χ4n) is 2.69. The lowest BCUT2D eigenvalue weighted by atomic mass is 9.94. The predicted octanol–water partition coefficient (Wildman–Crippen LogP) is 3.24. The fraction of sp³-hybridized carbons (Fsp3) is 0.529. The van der Waals surface area contributed by atoms with E-state index >= 15 is 0 Å². The van der Waals surface area contributed by atoms with Crippen molar-refractivity contribution in [1.29, 1.82) is 0 Å². The maximum atomic E-state index is 3.76. The molecule has 2 heteroatoms. The van der Waals surface area contributed by atoms with Crippen molar-refractivity contribution in [3.63, 3.8) is 0 Å². The summed E-state index contributed by atoms with van der Waals surface area (Å²) in [5.41, 5.74) is 1.39. The summed E-state index contributed by atoms with van der Waals surface area (Å²) < 4.78 is 0. The number of hydrogen-bond acceptors (Lipinski definition) is 2. The highest BCUT2D eigenvalue weighted by atomic mass is 15.1. The Kier molecular flexibility index (Phi) is 5.62. The van der Waals surface area contributed by atoms with E-state index in [1.54, 1.807) is 0 Å². The van der Waals surface area contributed by atoms with Crippen molar-refractivity contribution in [3.05, 3.63) is 48.0 Å². The monoisotopic (exact) mass is 258 g/mol. The van der Waals surface area contributed by atoms with E-state index in [0.717, 1.165) is 19.0 Å². The average Bonchev–Trinajstić information content (AvgIpc) is 2.45. The summed E-state index contributed by atoms with van der Waals surface area (Å²) in [6, 6.07) is 11.2. The van der Waals surface area contributed by atoms with Crippen LogP contribution in [0.4, 0.5) is 0 Å². The van der Waals surface area contributed by atoms with E-state index in [-0.39, 0.29) is 0 Å². The summed E-state index contributed by atoms with van der Waals surface area (Å²) in [6.45, 7) is 2.17. The van der Waals surface area contributed by atoms with Crippen LogP contribution in [0.1, 0.15) is 30.9 Å². The lowest BCUT2D eigenvalue weighted by Crippen LogP contribution is -2.34. The predicted molar refractivity (Wildman–Crippen MR) is 82.2 cm³/mol. The molecule has 0 fully saturated rings. The number of rotatable bonds is 6. The summed E-state index contributed by atoms with van der Waals surface area (Å²) in [4.78, 5) is 2.26. The van der Waals surface area contributed by atoms with E-state index < -0.39 is 0 Å². The number of nitrogens with one attached hydrogen (secondary N) is 1. The van der Waals surface area contributed by atoms with Crippen LogP contribution in [0, 0.1) is 5.92 Å². The molecule has 2 atom stereocenters. The molecule has 2 unspecified atom stereocenters. The number of hydrogen-bond donors (Lipinski definition) is 1. The van der Waals surface area contributed by atoms with Crippen LogP contribution < -0.4 is 5.32 Å². The zero-order valence-corrected chi connectivity index (χ0v) is 12.2. The third-order valence-corrected chi connectivity index (χ3v) is 3.78. The van der Waals surface area contributed by atoms with Gasteiger partial charge in [0.1, 0.15) is 0 Å². The molecule has 0 saturated carbocycles. The smallest absolute Gasteiger partial charge is 0.0449 e. The van der Waals surface area contributed by atoms with Gasteiger partial charge in [0.25, 0.3) is 0 Å². The molecule has 0 spiro atoms. The van der Waals surface area contributed by atoms with Crippen LogP contribution >= 0.6 is 0 Å². The van der Waals surface area contributed by atoms with Crippen LogP contribution in [0.15, 0.2) is 42.5 Å². The topological polar surface area (TPSA) is 15.3 Å². The average molecular weight is 258 g/mol. The number of nitrogens with zero attached hydrogens (tertiary/aromatic N) is 1. The Labute approximate surface area is 117 Å². The second kappa shape index (κ2) is 7.46. The van der Waals surface area contributed by atoms with E-state index in [1.807, 2.05) is 0 Å². The Hall–Kier alpha value is -1.12. The molecule has 0 amide bonds. The molecular formula is C17H26N2. The van der Waals surface area contributed by atoms with E-state index in [9.17, 15) is 0 Å². The van der Waals surface area contributed by atoms with Gasteiger partial charge in [0.05, 0.1) is 0 Å². The normalized spacial score (nSPS) is 20.7. The Bertz CT molecular complexity index is 384. The minimum atomic E-state index is 0.433. The van der Waals surface area contributed by atoms with E-state index in [0.29, 0.717) is 6.04 Å². The third kappa shape index (κ3) is 4.81. The van der Waals surface area contributed by atoms with E-state index in [4.69, 9.17) is 0 Å². The lowest BCUT2D eigenvalue weighted by molar-refractivity contribution is 0.321. The van der Waals surface area contributed by atoms with Gasteiger partial charge in [-0.05, 0) is 51.4 Å². The second-order valence-corrected chi connectivity index (χ2v) is 5.78. The zero-order chi connectivity index (χ0) is 13.5. The summed E-state index contributed by atoms with van der Waals surface area (Å²) in [5.74, 6) is 0.804. The van der Waals surface area contributed by atoms with Gasteiger partial charge in [-0.3, -0.25) is 0 Å². The van der Waals surface area contributed by atoms with Crippen molar-refractivity contribution in [1.82, 2.24) is 10.2 Å². The molecule has 0 saturated heterocycles. The van der Waals surface area contributed by atoms with Crippen LogP contribution in [0.2, 0.25) is 0 Å². The highest BCUT2D eigenvalue weighted by Gasteiger charge is 2.15. The van der Waals surface area contributed by atoms with Gasteiger partial charge in [0.15, 0.2) is 0 Å². The quantitative estimate of drug-likeness (QED) is 0.788. The Morgan fingerprint density at radius 1 is 1.21 bits per heavy atom. The van der Waals surface area contributed by atoms with Crippen molar-refractivity contribution in [2.75, 3.05) is 27.2 Å². The highest BCUT2D eigenvalue weighted by Crippen LogP contribution is 2.19. The third-order valence-electron chi connectivity index (χ3n) is 3.78. The zero-order valence-electron chi connectivity index (χ0n) is 12.2. The first-order chi connectivity index (χ1) is 9.25. The van der Waals surface area contributed by atoms with Gasteiger partial charge >= 0.3 is 0 Å². The molecule has 19 heavy (non-hydrogen) atoms. The molecule has 1 aliphatic carbocycles. The van der Waals surface area contributed by atoms with Gasteiger partial charge < -0.3 is 10.2 Å². The van der Waals surface area contributed by atoms with Gasteiger partial charge in [-0.25, -0.2) is 0 Å². The van der Waals surface area contributed by atoms with Crippen molar-refractivity contribution in [2.45, 2.75) is 25.3 Å². The molecule has 1 aliphatic rings. The van der Waals surface area contributed by atoms with Crippen molar-refractivity contribution < 1.29 is 0 Å². The highest BCUT2D eigenvalue weighted by molar-refractivity contribution is 5.19. The van der Waals surface area contributed by atoms with Crippen molar-refractivity contribution in [2.24, 2.45) is 5.92 Å². The SMILES string of the molecule is CN(C)CC(NCC1CC=CCC1)c1ccccc1. The summed E-state index contributed by atoms with van der Waals surface area (Å²) in [5, 5.41) is 3.76. The standard InChI is InChI=1S/C17H26N2/c1-19(2)14-17(16-11-7-4-8-12-16)18-13-15-9-5-3-6-10-15/h3-5,7-8,11-12,15,17-18H,6,9-10,13-14H2,1-2H3. The maximum Gasteiger partial charge on any atom is 0.0449 e. The Morgan fingerprint density at radius 3 is 2.63 bits per heavy atom. The molecule has 1 aromatic rings. The van der Waals surface area contributed by atoms with Gasteiger partial charge in [-0.1, -0.05) is 42.5 Å². The first kappa shape index (κ1) is 14.3. The largest absolute Gasteiger partial charge is 0.309 e. The van der Waals surface area contributed by atoms with E-state index in [2.05, 4.69) is 66.8 Å². The van der Waals surface area contributed by atoms with Crippen LogP contribution in [-0.4, -0.2) is 32.1 Å². The molecule has 104 valence electrons. The first-order valence-electron chi connectivity index (χ1n) is 7.34. The number of allylic oxidation sites excluding steroid dienone is 2. The fourth-order valence-corrected chi connectivity index (χ4v) is 2.69. The summed E-state index contributed by atoms with van der Waals surface area (Å²) >= 11 is 0. The summed E-state index contributed by atoms with van der Waals surface area (Å²) in [7, 11) is 4.28.